The fraction of sp³-hybridized carbons (Fsp3) is 0.435. The van der Waals surface area contributed by atoms with Gasteiger partial charge in [0, 0.05) is 25.3 Å². The number of likely N-dealkylation sites (tertiary alicyclic amines) is 1. The Hall–Kier alpha value is -2.35. The van der Waals surface area contributed by atoms with Crippen LogP contribution in [-0.2, 0) is 14.3 Å². The Bertz CT molecular complexity index is 975. The van der Waals surface area contributed by atoms with Crippen molar-refractivity contribution in [2.45, 2.75) is 37.9 Å². The Morgan fingerprint density at radius 2 is 2.20 bits per heavy atom. The second-order valence-corrected chi connectivity index (χ2v) is 8.94. The second-order valence-electron chi connectivity index (χ2n) is 8.06. The standard InChI is InChI=1S/C23H27N3O3S/c1-3-4-18(14-27)7-10-25-11-8-23(9-12-25)15-26(22(28)17(2)29-23)19-5-6-20-21(13-19)30-16-24-20/h3-6,13-14,16-17H,1,7-12,15H2,2H3/b18-4-. The Morgan fingerprint density at radius 3 is 2.93 bits per heavy atom. The maximum atomic E-state index is 12.9. The zero-order valence-corrected chi connectivity index (χ0v) is 18.1. The maximum absolute atomic E-state index is 12.9. The molecular formula is C23H27N3O3S. The quantitative estimate of drug-likeness (QED) is 0.402. The van der Waals surface area contributed by atoms with Crippen LogP contribution in [0.3, 0.4) is 0 Å². The first-order chi connectivity index (χ1) is 14.5. The summed E-state index contributed by atoms with van der Waals surface area (Å²) < 4.78 is 7.36. The van der Waals surface area contributed by atoms with Gasteiger partial charge in [-0.15, -0.1) is 11.3 Å². The molecule has 7 heteroatoms. The highest BCUT2D eigenvalue weighted by molar-refractivity contribution is 7.16. The van der Waals surface area contributed by atoms with Crippen LogP contribution in [0.15, 0.2) is 48.0 Å². The van der Waals surface area contributed by atoms with Gasteiger partial charge in [-0.05, 0) is 50.0 Å². The third-order valence-corrected chi connectivity index (χ3v) is 6.87. The summed E-state index contributed by atoms with van der Waals surface area (Å²) in [5, 5.41) is 0. The van der Waals surface area contributed by atoms with Crippen LogP contribution in [0.1, 0.15) is 26.2 Å². The van der Waals surface area contributed by atoms with Crippen LogP contribution in [0.4, 0.5) is 5.69 Å². The Labute approximate surface area is 180 Å². The van der Waals surface area contributed by atoms with E-state index in [1.165, 1.54) is 0 Å². The van der Waals surface area contributed by atoms with Crippen molar-refractivity contribution < 1.29 is 14.3 Å². The topological polar surface area (TPSA) is 62.7 Å². The number of amides is 1. The van der Waals surface area contributed by atoms with Crippen molar-refractivity contribution in [1.29, 1.82) is 0 Å². The van der Waals surface area contributed by atoms with Crippen molar-refractivity contribution in [2.24, 2.45) is 0 Å². The molecule has 2 aliphatic heterocycles. The van der Waals surface area contributed by atoms with Gasteiger partial charge in [0.2, 0.25) is 0 Å². The fourth-order valence-corrected chi connectivity index (χ4v) is 5.07. The van der Waals surface area contributed by atoms with Gasteiger partial charge in [-0.3, -0.25) is 9.59 Å². The number of thiazole rings is 1. The Balaban J connectivity index is 1.44. The average Bonchev–Trinajstić information content (AvgIpc) is 3.23. The monoisotopic (exact) mass is 425 g/mol. The van der Waals surface area contributed by atoms with Crippen LogP contribution in [-0.4, -0.2) is 60.0 Å². The number of benzene rings is 1. The van der Waals surface area contributed by atoms with E-state index < -0.39 is 6.10 Å². The second kappa shape index (κ2) is 8.79. The van der Waals surface area contributed by atoms with Crippen molar-refractivity contribution in [2.75, 3.05) is 31.1 Å². The molecular weight excluding hydrogens is 398 g/mol. The normalized spacial score (nSPS) is 22.6. The molecule has 30 heavy (non-hydrogen) atoms. The Morgan fingerprint density at radius 1 is 1.40 bits per heavy atom. The molecule has 2 aromatic rings. The first-order valence-corrected chi connectivity index (χ1v) is 11.2. The molecule has 1 spiro atoms. The summed E-state index contributed by atoms with van der Waals surface area (Å²) in [7, 11) is 0. The summed E-state index contributed by atoms with van der Waals surface area (Å²) in [5.74, 6) is 0.0112. The van der Waals surface area contributed by atoms with Gasteiger partial charge < -0.3 is 14.5 Å². The van der Waals surface area contributed by atoms with Crippen molar-refractivity contribution in [3.05, 3.63) is 48.0 Å². The van der Waals surface area contributed by atoms with Gasteiger partial charge in [-0.1, -0.05) is 18.7 Å². The van der Waals surface area contributed by atoms with Gasteiger partial charge in [0.1, 0.15) is 12.4 Å². The fourth-order valence-electron chi connectivity index (χ4n) is 4.36. The number of morpholine rings is 1. The lowest BCUT2D eigenvalue weighted by Crippen LogP contribution is -2.61. The van der Waals surface area contributed by atoms with E-state index in [-0.39, 0.29) is 11.5 Å². The molecule has 2 saturated heterocycles. The van der Waals surface area contributed by atoms with Crippen molar-refractivity contribution >= 4 is 39.4 Å². The number of carbonyl (C=O) groups is 2. The number of nitrogens with zero attached hydrogens (tertiary/aromatic N) is 3. The van der Waals surface area contributed by atoms with Gasteiger partial charge in [0.15, 0.2) is 0 Å². The number of carbonyl (C=O) groups excluding carboxylic acids is 2. The van der Waals surface area contributed by atoms with E-state index in [0.717, 1.165) is 66.7 Å². The molecule has 0 saturated carbocycles. The number of ether oxygens (including phenoxy) is 1. The number of aldehydes is 1. The summed E-state index contributed by atoms with van der Waals surface area (Å²) in [6, 6.07) is 6.01. The highest BCUT2D eigenvalue weighted by atomic mass is 32.1. The molecule has 1 aromatic carbocycles. The van der Waals surface area contributed by atoms with E-state index in [4.69, 9.17) is 4.74 Å². The molecule has 1 aromatic heterocycles. The molecule has 0 N–H and O–H groups in total. The molecule has 0 bridgehead atoms. The minimum absolute atomic E-state index is 0.0112. The molecule has 0 aliphatic carbocycles. The molecule has 2 aliphatic rings. The van der Waals surface area contributed by atoms with Crippen molar-refractivity contribution in [3.63, 3.8) is 0 Å². The zero-order chi connectivity index (χ0) is 21.1. The highest BCUT2D eigenvalue weighted by Gasteiger charge is 2.45. The van der Waals surface area contributed by atoms with E-state index >= 15 is 0 Å². The predicted octanol–water partition coefficient (Wildman–Crippen LogP) is 3.58. The first kappa shape index (κ1) is 20.9. The molecule has 2 fully saturated rings. The average molecular weight is 426 g/mol. The molecule has 4 rings (SSSR count). The van der Waals surface area contributed by atoms with Crippen LogP contribution >= 0.6 is 11.3 Å². The van der Waals surface area contributed by atoms with E-state index in [2.05, 4.69) is 22.5 Å². The summed E-state index contributed by atoms with van der Waals surface area (Å²) in [6.45, 7) is 8.71. The van der Waals surface area contributed by atoms with E-state index in [1.807, 2.05) is 29.5 Å². The number of hydrogen-bond donors (Lipinski definition) is 0. The summed E-state index contributed by atoms with van der Waals surface area (Å²) in [4.78, 5) is 32.6. The molecule has 158 valence electrons. The smallest absolute Gasteiger partial charge is 0.255 e. The highest BCUT2D eigenvalue weighted by Crippen LogP contribution is 2.36. The summed E-state index contributed by atoms with van der Waals surface area (Å²) in [5.41, 5.74) is 4.15. The van der Waals surface area contributed by atoms with Crippen molar-refractivity contribution in [1.82, 2.24) is 9.88 Å². The largest absolute Gasteiger partial charge is 0.360 e. The summed E-state index contributed by atoms with van der Waals surface area (Å²) in [6.07, 6.45) is 6.33. The third-order valence-electron chi connectivity index (χ3n) is 6.08. The van der Waals surface area contributed by atoms with Crippen LogP contribution in [0, 0.1) is 0 Å². The van der Waals surface area contributed by atoms with Crippen molar-refractivity contribution in [3.8, 4) is 0 Å². The SMILES string of the molecule is C=C/C=C(\C=O)CCN1CCC2(CC1)CN(c1ccc3ncsc3c1)C(=O)C(C)O2. The number of aromatic nitrogens is 1. The number of fused-ring (bicyclic) bond motifs is 1. The molecule has 6 nitrogen and oxygen atoms in total. The molecule has 1 amide bonds. The minimum Gasteiger partial charge on any atom is -0.360 e. The number of anilines is 1. The predicted molar refractivity (Wildman–Crippen MR) is 120 cm³/mol. The summed E-state index contributed by atoms with van der Waals surface area (Å²) >= 11 is 1.59. The van der Waals surface area contributed by atoms with E-state index in [0.29, 0.717) is 6.54 Å². The minimum atomic E-state index is -0.459. The van der Waals surface area contributed by atoms with E-state index in [9.17, 15) is 9.59 Å². The number of hydrogen-bond acceptors (Lipinski definition) is 6. The van der Waals surface area contributed by atoms with Gasteiger partial charge in [-0.2, -0.15) is 0 Å². The molecule has 3 heterocycles. The van der Waals surface area contributed by atoms with E-state index in [1.54, 1.807) is 23.5 Å². The number of allylic oxidation sites excluding steroid dienone is 2. The van der Waals surface area contributed by atoms with Crippen LogP contribution < -0.4 is 4.90 Å². The van der Waals surface area contributed by atoms with Crippen LogP contribution in [0.2, 0.25) is 0 Å². The lowest BCUT2D eigenvalue weighted by atomic mass is 9.88. The number of piperidine rings is 1. The lowest BCUT2D eigenvalue weighted by Gasteiger charge is -2.49. The molecule has 1 unspecified atom stereocenters. The Kier molecular flexibility index (Phi) is 6.13. The zero-order valence-electron chi connectivity index (χ0n) is 17.3. The third kappa shape index (κ3) is 4.24. The molecule has 0 radical (unpaired) electrons. The van der Waals surface area contributed by atoms with Gasteiger partial charge >= 0.3 is 0 Å². The lowest BCUT2D eigenvalue weighted by molar-refractivity contribution is -0.161. The van der Waals surface area contributed by atoms with Gasteiger partial charge in [-0.25, -0.2) is 4.98 Å². The van der Waals surface area contributed by atoms with Gasteiger partial charge in [0.05, 0.1) is 27.9 Å². The van der Waals surface area contributed by atoms with Crippen LogP contribution in [0.5, 0.6) is 0 Å². The molecule has 1 atom stereocenters. The van der Waals surface area contributed by atoms with Gasteiger partial charge in [0.25, 0.3) is 5.91 Å². The first-order valence-electron chi connectivity index (χ1n) is 10.4. The maximum Gasteiger partial charge on any atom is 0.255 e. The van der Waals surface area contributed by atoms with Crippen LogP contribution in [0.25, 0.3) is 10.2 Å². The number of rotatable bonds is 6.